The Morgan fingerprint density at radius 1 is 1.22 bits per heavy atom. The zero-order valence-electron chi connectivity index (χ0n) is 21.5. The van der Waals surface area contributed by atoms with E-state index in [1.165, 1.54) is 11.6 Å². The van der Waals surface area contributed by atoms with Gasteiger partial charge in [-0.25, -0.2) is 9.37 Å². The highest BCUT2D eigenvalue weighted by Crippen LogP contribution is 2.37. The van der Waals surface area contributed by atoms with Gasteiger partial charge < -0.3 is 19.9 Å². The third-order valence-electron chi connectivity index (χ3n) is 7.79. The minimum Gasteiger partial charge on any atom is -0.480 e. The number of nitrogens with one attached hydrogen (secondary N) is 1. The predicted molar refractivity (Wildman–Crippen MR) is 139 cm³/mol. The van der Waals surface area contributed by atoms with E-state index in [9.17, 15) is 9.90 Å². The van der Waals surface area contributed by atoms with Crippen molar-refractivity contribution >= 4 is 11.8 Å². The second kappa shape index (κ2) is 12.3. The number of hydrogen-bond acceptors (Lipinski definition) is 6. The molecule has 2 N–H and O–H groups in total. The van der Waals surface area contributed by atoms with Crippen LogP contribution >= 0.6 is 0 Å². The maximum Gasteiger partial charge on any atom is 0.325 e. The van der Waals surface area contributed by atoms with Gasteiger partial charge in [-0.3, -0.25) is 9.69 Å². The van der Waals surface area contributed by atoms with Gasteiger partial charge in [0.05, 0.1) is 12.2 Å². The fraction of sp³-hybridized carbons (Fsp3) is 0.586. The molecule has 8 heteroatoms. The summed E-state index contributed by atoms with van der Waals surface area (Å²) in [6.07, 6.45) is 8.28. The number of aliphatic carboxylic acids is 1. The summed E-state index contributed by atoms with van der Waals surface area (Å²) in [5.74, 6) is -0.476. The maximum atomic E-state index is 15.1. The number of carboxylic acid groups (broad SMARTS) is 1. The van der Waals surface area contributed by atoms with Crippen molar-refractivity contribution in [2.75, 3.05) is 38.2 Å². The summed E-state index contributed by atoms with van der Waals surface area (Å²) in [6.45, 7) is 3.28. The topological polar surface area (TPSA) is 83.9 Å². The average Bonchev–Trinajstić information content (AvgIpc) is 3.38. The van der Waals surface area contributed by atoms with Crippen molar-refractivity contribution < 1.29 is 23.8 Å². The van der Waals surface area contributed by atoms with Crippen molar-refractivity contribution in [2.45, 2.75) is 76.0 Å². The maximum absolute atomic E-state index is 15.1. The number of aryl methyl sites for hydroxylation is 2. The molecule has 4 heterocycles. The van der Waals surface area contributed by atoms with E-state index in [0.717, 1.165) is 75.8 Å². The fourth-order valence-corrected chi connectivity index (χ4v) is 5.86. The first-order valence-corrected chi connectivity index (χ1v) is 13.8. The number of carbonyl (C=O) groups is 1. The SMILES string of the molecule is O=C(O)[C@@H](c1c(F)cccc1C1CCCCO1)N1CC[C@@H](OCCCCc2ccc3c(n2)NCCC3)C1. The summed E-state index contributed by atoms with van der Waals surface area (Å²) < 4.78 is 27.1. The van der Waals surface area contributed by atoms with Crippen molar-refractivity contribution in [3.8, 4) is 0 Å². The second-order valence-corrected chi connectivity index (χ2v) is 10.4. The summed E-state index contributed by atoms with van der Waals surface area (Å²) in [6, 6.07) is 8.10. The van der Waals surface area contributed by atoms with Crippen LogP contribution < -0.4 is 5.32 Å². The summed E-state index contributed by atoms with van der Waals surface area (Å²) in [7, 11) is 0. The molecule has 3 aliphatic rings. The van der Waals surface area contributed by atoms with Crippen LogP contribution in [0, 0.1) is 5.82 Å². The zero-order chi connectivity index (χ0) is 25.6. The lowest BCUT2D eigenvalue weighted by Crippen LogP contribution is -2.35. The molecule has 3 atom stereocenters. The number of benzene rings is 1. The molecule has 1 aromatic heterocycles. The van der Waals surface area contributed by atoms with Crippen molar-refractivity contribution in [1.29, 1.82) is 0 Å². The first-order valence-electron chi connectivity index (χ1n) is 13.8. The molecule has 1 unspecified atom stereocenters. The smallest absolute Gasteiger partial charge is 0.325 e. The van der Waals surface area contributed by atoms with Crippen molar-refractivity contribution in [1.82, 2.24) is 9.88 Å². The van der Waals surface area contributed by atoms with Crippen LogP contribution in [0.3, 0.4) is 0 Å². The van der Waals surface area contributed by atoms with E-state index in [1.54, 1.807) is 6.07 Å². The predicted octanol–water partition coefficient (Wildman–Crippen LogP) is 5.06. The Morgan fingerprint density at radius 3 is 2.97 bits per heavy atom. The number of carboxylic acids is 1. The molecule has 0 bridgehead atoms. The fourth-order valence-electron chi connectivity index (χ4n) is 5.86. The highest BCUT2D eigenvalue weighted by Gasteiger charge is 2.38. The number of likely N-dealkylation sites (tertiary alicyclic amines) is 1. The Morgan fingerprint density at radius 2 is 2.14 bits per heavy atom. The highest BCUT2D eigenvalue weighted by molar-refractivity contribution is 5.76. The molecule has 37 heavy (non-hydrogen) atoms. The molecule has 5 rings (SSSR count). The Labute approximate surface area is 218 Å². The minimum absolute atomic E-state index is 0.0472. The molecule has 2 fully saturated rings. The van der Waals surface area contributed by atoms with Crippen LogP contribution in [0.15, 0.2) is 30.3 Å². The molecule has 200 valence electrons. The molecule has 7 nitrogen and oxygen atoms in total. The monoisotopic (exact) mass is 511 g/mol. The minimum atomic E-state index is -1.04. The number of aromatic nitrogens is 1. The second-order valence-electron chi connectivity index (χ2n) is 10.4. The van der Waals surface area contributed by atoms with Gasteiger partial charge in [0.1, 0.15) is 17.7 Å². The number of unbranched alkanes of at least 4 members (excludes halogenated alkanes) is 1. The van der Waals surface area contributed by atoms with Crippen LogP contribution in [0.4, 0.5) is 10.2 Å². The number of hydrogen-bond donors (Lipinski definition) is 2. The normalized spacial score (nSPS) is 22.8. The van der Waals surface area contributed by atoms with Crippen LogP contribution in [-0.4, -0.2) is 59.9 Å². The number of ether oxygens (including phenoxy) is 2. The van der Waals surface area contributed by atoms with Crippen LogP contribution in [0.25, 0.3) is 0 Å². The van der Waals surface area contributed by atoms with Gasteiger partial charge in [0.25, 0.3) is 0 Å². The Balaban J connectivity index is 1.14. The van der Waals surface area contributed by atoms with Gasteiger partial charge in [0.2, 0.25) is 0 Å². The summed E-state index contributed by atoms with van der Waals surface area (Å²) in [5.41, 5.74) is 3.32. The quantitative estimate of drug-likeness (QED) is 0.432. The summed E-state index contributed by atoms with van der Waals surface area (Å²) >= 11 is 0. The van der Waals surface area contributed by atoms with Gasteiger partial charge in [0.15, 0.2) is 0 Å². The number of fused-ring (bicyclic) bond motifs is 1. The van der Waals surface area contributed by atoms with E-state index in [4.69, 9.17) is 14.5 Å². The largest absolute Gasteiger partial charge is 0.480 e. The van der Waals surface area contributed by atoms with Crippen LogP contribution in [-0.2, 0) is 27.1 Å². The molecule has 1 aromatic carbocycles. The molecule has 2 aromatic rings. The molecular weight excluding hydrogens is 473 g/mol. The molecule has 2 saturated heterocycles. The Hall–Kier alpha value is -2.55. The first-order chi connectivity index (χ1) is 18.1. The third-order valence-corrected chi connectivity index (χ3v) is 7.79. The van der Waals surface area contributed by atoms with Crippen LogP contribution in [0.5, 0.6) is 0 Å². The Bertz CT molecular complexity index is 1080. The third kappa shape index (κ3) is 6.30. The number of halogens is 1. The highest BCUT2D eigenvalue weighted by atomic mass is 19.1. The molecule has 0 radical (unpaired) electrons. The number of rotatable bonds is 10. The van der Waals surface area contributed by atoms with Gasteiger partial charge in [-0.1, -0.05) is 18.2 Å². The average molecular weight is 512 g/mol. The number of nitrogens with zero attached hydrogens (tertiary/aromatic N) is 2. The van der Waals surface area contributed by atoms with Gasteiger partial charge in [-0.15, -0.1) is 0 Å². The van der Waals surface area contributed by atoms with E-state index in [2.05, 4.69) is 17.4 Å². The molecule has 0 aliphatic carbocycles. The Kier molecular flexibility index (Phi) is 8.69. The van der Waals surface area contributed by atoms with Gasteiger partial charge in [0, 0.05) is 44.1 Å². The molecule has 0 amide bonds. The molecule has 3 aliphatic heterocycles. The lowest BCUT2D eigenvalue weighted by atomic mass is 9.91. The van der Waals surface area contributed by atoms with E-state index in [1.807, 2.05) is 11.0 Å². The van der Waals surface area contributed by atoms with Gasteiger partial charge >= 0.3 is 5.97 Å². The van der Waals surface area contributed by atoms with Gasteiger partial charge in [-0.05, 0) is 81.0 Å². The molecular formula is C29H38FN3O4. The molecule has 0 spiro atoms. The summed E-state index contributed by atoms with van der Waals surface area (Å²) in [5, 5.41) is 13.5. The zero-order valence-corrected chi connectivity index (χ0v) is 21.5. The summed E-state index contributed by atoms with van der Waals surface area (Å²) in [4.78, 5) is 19.0. The van der Waals surface area contributed by atoms with Crippen molar-refractivity contribution in [3.63, 3.8) is 0 Å². The van der Waals surface area contributed by atoms with E-state index in [-0.39, 0.29) is 17.8 Å². The number of anilines is 1. The number of pyridine rings is 1. The molecule has 0 saturated carbocycles. The van der Waals surface area contributed by atoms with E-state index in [0.29, 0.717) is 31.9 Å². The standard InChI is InChI=1S/C29H38FN3O4/c30-24-10-5-9-23(25-11-2-4-18-37-25)26(24)27(29(34)35)33-16-14-22(19-33)36-17-3-1-8-21-13-12-20-7-6-15-31-28(20)32-21/h5,9-10,12-13,22,25,27H,1-4,6-8,11,14-19H2,(H,31,32)(H,34,35)/t22-,25?,27-/m1/s1. The lowest BCUT2D eigenvalue weighted by molar-refractivity contribution is -0.143. The van der Waals surface area contributed by atoms with Crippen molar-refractivity contribution in [2.24, 2.45) is 0 Å². The van der Waals surface area contributed by atoms with Crippen LogP contribution in [0.2, 0.25) is 0 Å². The van der Waals surface area contributed by atoms with Crippen LogP contribution in [0.1, 0.15) is 79.5 Å². The lowest BCUT2D eigenvalue weighted by Gasteiger charge is -2.30. The van der Waals surface area contributed by atoms with Crippen molar-refractivity contribution in [3.05, 3.63) is 58.5 Å². The van der Waals surface area contributed by atoms with Gasteiger partial charge in [-0.2, -0.15) is 0 Å². The van der Waals surface area contributed by atoms with E-state index >= 15 is 4.39 Å². The van der Waals surface area contributed by atoms with E-state index < -0.39 is 17.8 Å². The first kappa shape index (κ1) is 26.1.